The lowest BCUT2D eigenvalue weighted by molar-refractivity contribution is -0.115. The van der Waals surface area contributed by atoms with Gasteiger partial charge in [-0.25, -0.2) is 4.98 Å². The zero-order valence-corrected chi connectivity index (χ0v) is 19.6. The number of aromatic nitrogens is 2. The molecule has 7 heteroatoms. The van der Waals surface area contributed by atoms with E-state index in [-0.39, 0.29) is 11.5 Å². The molecule has 1 atom stereocenters. The fourth-order valence-corrected chi connectivity index (χ4v) is 4.37. The third-order valence-corrected chi connectivity index (χ3v) is 6.14. The highest BCUT2D eigenvalue weighted by Crippen LogP contribution is 2.26. The van der Waals surface area contributed by atoms with Crippen LogP contribution in [0.3, 0.4) is 0 Å². The van der Waals surface area contributed by atoms with Gasteiger partial charge in [0.25, 0.3) is 5.56 Å². The van der Waals surface area contributed by atoms with Crippen molar-refractivity contribution in [2.24, 2.45) is 0 Å². The lowest BCUT2D eigenvalue weighted by Gasteiger charge is -2.17. The third-order valence-electron chi connectivity index (χ3n) is 5.09. The highest BCUT2D eigenvalue weighted by Gasteiger charge is 2.20. The average Bonchev–Trinajstić information content (AvgIpc) is 2.80. The molecule has 0 spiro atoms. The summed E-state index contributed by atoms with van der Waals surface area (Å²) in [6.07, 6.45) is 0. The summed E-state index contributed by atoms with van der Waals surface area (Å²) in [7, 11) is 0. The van der Waals surface area contributed by atoms with E-state index in [1.165, 1.54) is 11.8 Å². The normalized spacial score (nSPS) is 11.8. The molecule has 4 aromatic rings. The Morgan fingerprint density at radius 2 is 1.85 bits per heavy atom. The Kier molecular flexibility index (Phi) is 6.79. The smallest absolute Gasteiger partial charge is 0.266 e. The number of carbonyl (C=O) groups is 1. The number of hydrogen-bond donors (Lipinski definition) is 1. The zero-order chi connectivity index (χ0) is 23.4. The Morgan fingerprint density at radius 1 is 1.09 bits per heavy atom. The van der Waals surface area contributed by atoms with Crippen LogP contribution in [0.2, 0.25) is 0 Å². The molecule has 168 valence electrons. The second-order valence-electron chi connectivity index (χ2n) is 7.60. The Balaban J connectivity index is 1.65. The highest BCUT2D eigenvalue weighted by atomic mass is 32.2. The number of benzene rings is 3. The number of amides is 1. The van der Waals surface area contributed by atoms with Crippen LogP contribution in [0.4, 0.5) is 5.69 Å². The standard InChI is InChI=1S/C26H25N3O3S/c1-4-32-21-14-12-19(13-15-21)27-24(30)18(3)33-26-28-23-11-6-5-10-22(23)25(31)29(26)20-9-7-8-17(2)16-20/h5-16,18H,4H2,1-3H3,(H,27,30)/t18-/m0/s1. The lowest BCUT2D eigenvalue weighted by Crippen LogP contribution is -2.26. The second-order valence-corrected chi connectivity index (χ2v) is 8.91. The van der Waals surface area contributed by atoms with Crippen molar-refractivity contribution in [3.05, 3.63) is 88.7 Å². The van der Waals surface area contributed by atoms with Gasteiger partial charge >= 0.3 is 0 Å². The van der Waals surface area contributed by atoms with E-state index in [4.69, 9.17) is 9.72 Å². The van der Waals surface area contributed by atoms with Gasteiger partial charge < -0.3 is 10.1 Å². The number of para-hydroxylation sites is 1. The van der Waals surface area contributed by atoms with Crippen molar-refractivity contribution in [1.29, 1.82) is 0 Å². The fourth-order valence-electron chi connectivity index (χ4n) is 3.44. The minimum absolute atomic E-state index is 0.159. The molecule has 0 bridgehead atoms. The quantitative estimate of drug-likeness (QED) is 0.303. The number of aryl methyl sites for hydroxylation is 1. The Hall–Kier alpha value is -3.58. The highest BCUT2D eigenvalue weighted by molar-refractivity contribution is 8.00. The molecule has 0 radical (unpaired) electrons. The summed E-state index contributed by atoms with van der Waals surface area (Å²) >= 11 is 1.25. The maximum atomic E-state index is 13.4. The number of nitrogens with zero attached hydrogens (tertiary/aromatic N) is 2. The largest absolute Gasteiger partial charge is 0.494 e. The maximum absolute atomic E-state index is 13.4. The first-order chi connectivity index (χ1) is 16.0. The van der Waals surface area contributed by atoms with Gasteiger partial charge in [0.15, 0.2) is 5.16 Å². The van der Waals surface area contributed by atoms with E-state index < -0.39 is 5.25 Å². The Morgan fingerprint density at radius 3 is 2.58 bits per heavy atom. The predicted octanol–water partition coefficient (Wildman–Crippen LogP) is 5.21. The Labute approximate surface area is 196 Å². The number of thioether (sulfide) groups is 1. The van der Waals surface area contributed by atoms with E-state index in [9.17, 15) is 9.59 Å². The first-order valence-corrected chi connectivity index (χ1v) is 11.6. The summed E-state index contributed by atoms with van der Waals surface area (Å²) in [6, 6.07) is 22.2. The van der Waals surface area contributed by atoms with Crippen molar-refractivity contribution in [2.45, 2.75) is 31.2 Å². The summed E-state index contributed by atoms with van der Waals surface area (Å²) < 4.78 is 7.03. The molecule has 1 amide bonds. The molecule has 3 aromatic carbocycles. The van der Waals surface area contributed by atoms with Crippen LogP contribution in [0.5, 0.6) is 5.75 Å². The van der Waals surface area contributed by atoms with Crippen molar-refractivity contribution < 1.29 is 9.53 Å². The number of ether oxygens (including phenoxy) is 1. The van der Waals surface area contributed by atoms with Crippen LogP contribution in [0.15, 0.2) is 82.7 Å². The lowest BCUT2D eigenvalue weighted by atomic mass is 10.2. The van der Waals surface area contributed by atoms with Crippen LogP contribution in [0.1, 0.15) is 19.4 Å². The average molecular weight is 460 g/mol. The van der Waals surface area contributed by atoms with E-state index >= 15 is 0 Å². The molecule has 6 nitrogen and oxygen atoms in total. The molecule has 4 rings (SSSR count). The van der Waals surface area contributed by atoms with Crippen molar-refractivity contribution in [3.8, 4) is 11.4 Å². The maximum Gasteiger partial charge on any atom is 0.266 e. The van der Waals surface area contributed by atoms with E-state index in [1.54, 1.807) is 29.7 Å². The van der Waals surface area contributed by atoms with E-state index in [1.807, 2.05) is 68.4 Å². The van der Waals surface area contributed by atoms with Gasteiger partial charge in [-0.3, -0.25) is 14.2 Å². The van der Waals surface area contributed by atoms with E-state index in [2.05, 4.69) is 5.32 Å². The van der Waals surface area contributed by atoms with Gasteiger partial charge in [-0.05, 0) is 74.9 Å². The second kappa shape index (κ2) is 9.92. The van der Waals surface area contributed by atoms with Crippen molar-refractivity contribution in [3.63, 3.8) is 0 Å². The van der Waals surface area contributed by atoms with Gasteiger partial charge in [0.05, 0.1) is 28.4 Å². The molecule has 1 aromatic heterocycles. The van der Waals surface area contributed by atoms with Crippen LogP contribution in [-0.4, -0.2) is 27.3 Å². The number of hydrogen-bond acceptors (Lipinski definition) is 5. The zero-order valence-electron chi connectivity index (χ0n) is 18.7. The van der Waals surface area contributed by atoms with Gasteiger partial charge in [0, 0.05) is 5.69 Å². The van der Waals surface area contributed by atoms with Crippen molar-refractivity contribution in [2.75, 3.05) is 11.9 Å². The van der Waals surface area contributed by atoms with Gasteiger partial charge in [-0.1, -0.05) is 36.0 Å². The van der Waals surface area contributed by atoms with Crippen LogP contribution in [-0.2, 0) is 4.79 Å². The number of anilines is 1. The molecule has 0 aliphatic rings. The molecule has 1 N–H and O–H groups in total. The molecule has 0 saturated carbocycles. The first-order valence-electron chi connectivity index (χ1n) is 10.8. The molecular formula is C26H25N3O3S. The monoisotopic (exact) mass is 459 g/mol. The van der Waals surface area contributed by atoms with Gasteiger partial charge in [0.2, 0.25) is 5.91 Å². The molecule has 1 heterocycles. The topological polar surface area (TPSA) is 73.2 Å². The van der Waals surface area contributed by atoms with E-state index in [0.717, 1.165) is 17.0 Å². The summed E-state index contributed by atoms with van der Waals surface area (Å²) in [4.78, 5) is 31.0. The van der Waals surface area contributed by atoms with Crippen LogP contribution in [0, 0.1) is 6.92 Å². The first kappa shape index (κ1) is 22.6. The van der Waals surface area contributed by atoms with Crippen LogP contribution in [0.25, 0.3) is 16.6 Å². The summed E-state index contributed by atoms with van der Waals surface area (Å²) in [6.45, 7) is 6.28. The minimum Gasteiger partial charge on any atom is -0.494 e. The van der Waals surface area contributed by atoms with Gasteiger partial charge in [-0.15, -0.1) is 0 Å². The molecule has 0 unspecified atom stereocenters. The van der Waals surface area contributed by atoms with E-state index in [0.29, 0.717) is 28.4 Å². The third kappa shape index (κ3) is 5.09. The molecule has 0 aliphatic heterocycles. The molecule has 0 aliphatic carbocycles. The summed E-state index contributed by atoms with van der Waals surface area (Å²) in [5.74, 6) is 0.572. The van der Waals surface area contributed by atoms with Gasteiger partial charge in [-0.2, -0.15) is 0 Å². The number of carbonyl (C=O) groups excluding carboxylic acids is 1. The summed E-state index contributed by atoms with van der Waals surface area (Å²) in [5.41, 5.74) is 2.88. The molecule has 33 heavy (non-hydrogen) atoms. The Bertz CT molecular complexity index is 1350. The molecular weight excluding hydrogens is 434 g/mol. The minimum atomic E-state index is -0.485. The van der Waals surface area contributed by atoms with Crippen molar-refractivity contribution in [1.82, 2.24) is 9.55 Å². The number of rotatable bonds is 7. The number of fused-ring (bicyclic) bond motifs is 1. The number of nitrogens with one attached hydrogen (secondary N) is 1. The summed E-state index contributed by atoms with van der Waals surface area (Å²) in [5, 5.41) is 3.44. The fraction of sp³-hybridized carbons (Fsp3) is 0.192. The van der Waals surface area contributed by atoms with Crippen LogP contribution < -0.4 is 15.6 Å². The molecule has 0 saturated heterocycles. The van der Waals surface area contributed by atoms with Gasteiger partial charge in [0.1, 0.15) is 5.75 Å². The SMILES string of the molecule is CCOc1ccc(NC(=O)[C@H](C)Sc2nc3ccccc3c(=O)n2-c2cccc(C)c2)cc1. The van der Waals surface area contributed by atoms with Crippen molar-refractivity contribution >= 4 is 34.3 Å². The molecule has 0 fully saturated rings. The predicted molar refractivity (Wildman–Crippen MR) is 134 cm³/mol. The van der Waals surface area contributed by atoms with Crippen LogP contribution >= 0.6 is 11.8 Å².